The Morgan fingerprint density at radius 1 is 1.24 bits per heavy atom. The van der Waals surface area contributed by atoms with Crippen LogP contribution in [0.15, 0.2) is 12.3 Å². The summed E-state index contributed by atoms with van der Waals surface area (Å²) in [5.41, 5.74) is 8.62. The highest BCUT2D eigenvalue weighted by Crippen LogP contribution is 2.22. The minimum absolute atomic E-state index is 0.187. The molecule has 0 amide bonds. The number of aryl methyl sites for hydroxylation is 1. The summed E-state index contributed by atoms with van der Waals surface area (Å²) < 4.78 is 0. The third-order valence-corrected chi connectivity index (χ3v) is 4.19. The van der Waals surface area contributed by atoms with Gasteiger partial charge in [0.2, 0.25) is 0 Å². The van der Waals surface area contributed by atoms with Gasteiger partial charge in [0, 0.05) is 44.0 Å². The second kappa shape index (κ2) is 6.32. The van der Waals surface area contributed by atoms with E-state index in [1.165, 1.54) is 11.1 Å². The van der Waals surface area contributed by atoms with E-state index in [1.807, 2.05) is 13.1 Å². The third kappa shape index (κ3) is 4.17. The van der Waals surface area contributed by atoms with Crippen molar-refractivity contribution in [2.45, 2.75) is 52.6 Å². The van der Waals surface area contributed by atoms with Gasteiger partial charge in [0.25, 0.3) is 0 Å². The number of nitrogens with zero attached hydrogens (tertiary/aromatic N) is 3. The number of pyridine rings is 1. The van der Waals surface area contributed by atoms with Crippen molar-refractivity contribution >= 4 is 5.82 Å². The second-order valence-corrected chi connectivity index (χ2v) is 7.31. The fraction of sp³-hybridized carbons (Fsp3) is 0.706. The Kier molecular flexibility index (Phi) is 4.89. The van der Waals surface area contributed by atoms with Crippen LogP contribution < -0.4 is 10.6 Å². The highest BCUT2D eigenvalue weighted by molar-refractivity contribution is 5.48. The minimum Gasteiger partial charge on any atom is -0.354 e. The van der Waals surface area contributed by atoms with E-state index in [2.05, 4.69) is 43.6 Å². The standard InChI is InChI=1S/C17H30N4/c1-13-10-15(11-14(2)18)12-19-16(13)20-6-8-21(9-7-20)17(3,4)5/h10,12,14H,6-9,11,18H2,1-5H3. The first-order valence-corrected chi connectivity index (χ1v) is 7.98. The molecule has 21 heavy (non-hydrogen) atoms. The van der Waals surface area contributed by atoms with E-state index in [0.29, 0.717) is 0 Å². The van der Waals surface area contributed by atoms with E-state index in [0.717, 1.165) is 38.4 Å². The molecule has 1 aliphatic heterocycles. The zero-order chi connectivity index (χ0) is 15.6. The Bertz CT molecular complexity index is 468. The van der Waals surface area contributed by atoms with Crippen LogP contribution in [0.1, 0.15) is 38.8 Å². The molecular formula is C17H30N4. The first-order chi connectivity index (χ1) is 9.77. The van der Waals surface area contributed by atoms with Crippen LogP contribution in [0.4, 0.5) is 5.82 Å². The Hall–Kier alpha value is -1.13. The lowest BCUT2D eigenvalue weighted by Crippen LogP contribution is -2.53. The summed E-state index contributed by atoms with van der Waals surface area (Å²) in [4.78, 5) is 9.65. The first-order valence-electron chi connectivity index (χ1n) is 7.98. The minimum atomic E-state index is 0.187. The second-order valence-electron chi connectivity index (χ2n) is 7.31. The lowest BCUT2D eigenvalue weighted by Gasteiger charge is -2.42. The average molecular weight is 290 g/mol. The molecule has 0 saturated carbocycles. The van der Waals surface area contributed by atoms with E-state index in [1.54, 1.807) is 0 Å². The lowest BCUT2D eigenvalue weighted by atomic mass is 10.0. The summed E-state index contributed by atoms with van der Waals surface area (Å²) in [6.07, 6.45) is 2.88. The molecule has 1 aromatic heterocycles. The molecule has 4 heteroatoms. The monoisotopic (exact) mass is 290 g/mol. The molecule has 0 bridgehead atoms. The molecule has 2 rings (SSSR count). The van der Waals surface area contributed by atoms with Gasteiger partial charge in [-0.2, -0.15) is 0 Å². The quantitative estimate of drug-likeness (QED) is 0.927. The average Bonchev–Trinajstić information content (AvgIpc) is 2.37. The predicted molar refractivity (Wildman–Crippen MR) is 89.9 cm³/mol. The van der Waals surface area contributed by atoms with Gasteiger partial charge in [-0.15, -0.1) is 0 Å². The molecule has 0 aromatic carbocycles. The van der Waals surface area contributed by atoms with Crippen LogP contribution in [-0.2, 0) is 6.42 Å². The van der Waals surface area contributed by atoms with E-state index in [4.69, 9.17) is 10.7 Å². The number of anilines is 1. The SMILES string of the molecule is Cc1cc(CC(C)N)cnc1N1CCN(C(C)(C)C)CC1. The Labute approximate surface area is 129 Å². The van der Waals surface area contributed by atoms with Gasteiger partial charge in [-0.1, -0.05) is 6.07 Å². The number of rotatable bonds is 3. The van der Waals surface area contributed by atoms with Crippen LogP contribution in [0, 0.1) is 6.92 Å². The van der Waals surface area contributed by atoms with Crippen LogP contribution in [-0.4, -0.2) is 47.6 Å². The van der Waals surface area contributed by atoms with Gasteiger partial charge in [0.05, 0.1) is 0 Å². The molecule has 1 unspecified atom stereocenters. The maximum absolute atomic E-state index is 5.87. The van der Waals surface area contributed by atoms with Gasteiger partial charge in [-0.3, -0.25) is 4.90 Å². The van der Waals surface area contributed by atoms with E-state index < -0.39 is 0 Å². The molecule has 4 nitrogen and oxygen atoms in total. The number of hydrogen-bond acceptors (Lipinski definition) is 4. The van der Waals surface area contributed by atoms with E-state index in [9.17, 15) is 0 Å². The van der Waals surface area contributed by atoms with E-state index >= 15 is 0 Å². The molecule has 0 aliphatic carbocycles. The summed E-state index contributed by atoms with van der Waals surface area (Å²) in [6, 6.07) is 2.43. The summed E-state index contributed by atoms with van der Waals surface area (Å²) in [7, 11) is 0. The summed E-state index contributed by atoms with van der Waals surface area (Å²) in [5, 5.41) is 0. The van der Waals surface area contributed by atoms with Crippen molar-refractivity contribution in [2.75, 3.05) is 31.1 Å². The molecule has 1 aliphatic rings. The van der Waals surface area contributed by atoms with Crippen molar-refractivity contribution in [3.63, 3.8) is 0 Å². The maximum atomic E-state index is 5.87. The Balaban J connectivity index is 2.04. The van der Waals surface area contributed by atoms with Crippen molar-refractivity contribution in [1.29, 1.82) is 0 Å². The van der Waals surface area contributed by atoms with Crippen molar-refractivity contribution in [3.05, 3.63) is 23.4 Å². The van der Waals surface area contributed by atoms with Crippen LogP contribution in [0.2, 0.25) is 0 Å². The van der Waals surface area contributed by atoms with Gasteiger partial charge in [-0.05, 0) is 52.2 Å². The molecule has 1 saturated heterocycles. The summed E-state index contributed by atoms with van der Waals surface area (Å²) in [6.45, 7) is 15.4. The smallest absolute Gasteiger partial charge is 0.131 e. The van der Waals surface area contributed by atoms with Gasteiger partial charge in [0.1, 0.15) is 5.82 Å². The zero-order valence-corrected chi connectivity index (χ0v) is 14.2. The van der Waals surface area contributed by atoms with Crippen molar-refractivity contribution < 1.29 is 0 Å². The third-order valence-electron chi connectivity index (χ3n) is 4.19. The van der Waals surface area contributed by atoms with Crippen LogP contribution >= 0.6 is 0 Å². The molecule has 1 aromatic rings. The highest BCUT2D eigenvalue weighted by atomic mass is 15.3. The molecule has 2 heterocycles. The van der Waals surface area contributed by atoms with Crippen molar-refractivity contribution in [2.24, 2.45) is 5.73 Å². The molecule has 1 fully saturated rings. The number of nitrogens with two attached hydrogens (primary N) is 1. The van der Waals surface area contributed by atoms with Gasteiger partial charge >= 0.3 is 0 Å². The van der Waals surface area contributed by atoms with Gasteiger partial charge in [0.15, 0.2) is 0 Å². The molecular weight excluding hydrogens is 260 g/mol. The van der Waals surface area contributed by atoms with Gasteiger partial charge in [-0.25, -0.2) is 4.98 Å². The fourth-order valence-electron chi connectivity index (χ4n) is 3.03. The lowest BCUT2D eigenvalue weighted by molar-refractivity contribution is 0.128. The summed E-state index contributed by atoms with van der Waals surface area (Å²) >= 11 is 0. The van der Waals surface area contributed by atoms with E-state index in [-0.39, 0.29) is 11.6 Å². The largest absolute Gasteiger partial charge is 0.354 e. The fourth-order valence-corrected chi connectivity index (χ4v) is 3.03. The number of aromatic nitrogens is 1. The molecule has 1 atom stereocenters. The zero-order valence-electron chi connectivity index (χ0n) is 14.2. The maximum Gasteiger partial charge on any atom is 0.131 e. The van der Waals surface area contributed by atoms with Crippen LogP contribution in [0.5, 0.6) is 0 Å². The van der Waals surface area contributed by atoms with Crippen molar-refractivity contribution in [3.8, 4) is 0 Å². The predicted octanol–water partition coefficient (Wildman–Crippen LogP) is 2.20. The Morgan fingerprint density at radius 3 is 2.33 bits per heavy atom. The Morgan fingerprint density at radius 2 is 1.86 bits per heavy atom. The normalized spacial score (nSPS) is 18.9. The number of piperazine rings is 1. The van der Waals surface area contributed by atoms with Gasteiger partial charge < -0.3 is 10.6 Å². The molecule has 0 radical (unpaired) electrons. The molecule has 2 N–H and O–H groups in total. The molecule has 118 valence electrons. The topological polar surface area (TPSA) is 45.4 Å². The summed E-state index contributed by atoms with van der Waals surface area (Å²) in [5.74, 6) is 1.14. The first kappa shape index (κ1) is 16.2. The highest BCUT2D eigenvalue weighted by Gasteiger charge is 2.26. The van der Waals surface area contributed by atoms with Crippen molar-refractivity contribution in [1.82, 2.24) is 9.88 Å². The van der Waals surface area contributed by atoms with Crippen LogP contribution in [0.3, 0.4) is 0 Å². The molecule has 0 spiro atoms. The van der Waals surface area contributed by atoms with Crippen LogP contribution in [0.25, 0.3) is 0 Å². The number of hydrogen-bond donors (Lipinski definition) is 1.